The maximum atomic E-state index is 2.57. The van der Waals surface area contributed by atoms with Crippen LogP contribution in [-0.2, 0) is 0 Å². The van der Waals surface area contributed by atoms with Crippen molar-refractivity contribution < 1.29 is 0 Å². The van der Waals surface area contributed by atoms with Gasteiger partial charge in [-0.25, -0.2) is 0 Å². The molecule has 0 spiro atoms. The van der Waals surface area contributed by atoms with Gasteiger partial charge in [-0.3, -0.25) is 0 Å². The Bertz CT molecular complexity index is 4170. The van der Waals surface area contributed by atoms with Gasteiger partial charge in [0.25, 0.3) is 0 Å². The molecular formula is C72H52N2Si2. The van der Waals surface area contributed by atoms with Gasteiger partial charge in [0, 0.05) is 32.9 Å². The SMILES string of the molecule is c1ccc(-c2cccc3c2c2ccccc2n3-c2ccc3c(c2)c2c([Si](c4ccccc4)(c4ccccc4)c4ccccc4)cccc2n3-c2cccc([Si](c3ccccc3)(c3ccccc3)c3ccccc3)c2)cc1. The molecule has 0 N–H and O–H groups in total. The molecule has 0 bridgehead atoms. The lowest BCUT2D eigenvalue weighted by Crippen LogP contribution is -2.74. The van der Waals surface area contributed by atoms with Gasteiger partial charge >= 0.3 is 0 Å². The Morgan fingerprint density at radius 3 is 1.13 bits per heavy atom. The number of rotatable bonds is 11. The van der Waals surface area contributed by atoms with Crippen LogP contribution in [0.25, 0.3) is 66.1 Å². The Morgan fingerprint density at radius 2 is 0.605 bits per heavy atom. The predicted octanol–water partition coefficient (Wildman–Crippen LogP) is 12.3. The number of hydrogen-bond acceptors (Lipinski definition) is 0. The number of aromatic nitrogens is 2. The van der Waals surface area contributed by atoms with Gasteiger partial charge in [0.15, 0.2) is 16.1 Å². The zero-order chi connectivity index (χ0) is 50.5. The molecule has 0 amide bonds. The van der Waals surface area contributed by atoms with E-state index in [-0.39, 0.29) is 0 Å². The Balaban J connectivity index is 1.12. The van der Waals surface area contributed by atoms with Crippen LogP contribution >= 0.6 is 0 Å². The number of nitrogens with zero attached hydrogens (tertiary/aromatic N) is 2. The maximum Gasteiger partial charge on any atom is 0.180 e. The van der Waals surface area contributed by atoms with Gasteiger partial charge in [-0.05, 0) is 101 Å². The van der Waals surface area contributed by atoms with Gasteiger partial charge < -0.3 is 9.13 Å². The van der Waals surface area contributed by atoms with E-state index in [1.54, 1.807) is 0 Å². The number of hydrogen-bond donors (Lipinski definition) is 0. The first kappa shape index (κ1) is 45.3. The average molecular weight is 1000 g/mol. The van der Waals surface area contributed by atoms with Crippen LogP contribution in [0.15, 0.2) is 315 Å². The van der Waals surface area contributed by atoms with Crippen LogP contribution in [0.1, 0.15) is 0 Å². The minimum absolute atomic E-state index is 1.13. The highest BCUT2D eigenvalue weighted by molar-refractivity contribution is 7.21. The number of fused-ring (bicyclic) bond motifs is 6. The van der Waals surface area contributed by atoms with Crippen molar-refractivity contribution in [2.75, 3.05) is 0 Å². The van der Waals surface area contributed by atoms with Gasteiger partial charge in [0.1, 0.15) is 0 Å². The second-order valence-corrected chi connectivity index (χ2v) is 27.5. The molecular weight excluding hydrogens is 949 g/mol. The van der Waals surface area contributed by atoms with Gasteiger partial charge in [0.05, 0.1) is 22.1 Å². The highest BCUT2D eigenvalue weighted by Gasteiger charge is 2.44. The van der Waals surface area contributed by atoms with E-state index in [1.807, 2.05) is 0 Å². The molecule has 12 aromatic carbocycles. The summed E-state index contributed by atoms with van der Waals surface area (Å²) in [4.78, 5) is 0. The van der Waals surface area contributed by atoms with Crippen molar-refractivity contribution in [3.8, 4) is 22.5 Å². The Hall–Kier alpha value is -9.33. The van der Waals surface area contributed by atoms with Crippen molar-refractivity contribution in [2.45, 2.75) is 0 Å². The van der Waals surface area contributed by atoms with Crippen molar-refractivity contribution in [1.29, 1.82) is 0 Å². The van der Waals surface area contributed by atoms with Crippen LogP contribution in [0.5, 0.6) is 0 Å². The van der Waals surface area contributed by atoms with Gasteiger partial charge in [0.2, 0.25) is 0 Å². The van der Waals surface area contributed by atoms with E-state index in [4.69, 9.17) is 0 Å². The van der Waals surface area contributed by atoms with E-state index < -0.39 is 16.1 Å². The molecule has 76 heavy (non-hydrogen) atoms. The fourth-order valence-electron chi connectivity index (χ4n) is 12.9. The highest BCUT2D eigenvalue weighted by atomic mass is 28.3. The first-order chi connectivity index (χ1) is 37.7. The van der Waals surface area contributed by atoms with Crippen molar-refractivity contribution in [3.05, 3.63) is 315 Å². The fourth-order valence-corrected chi connectivity index (χ4v) is 22.7. The summed E-state index contributed by atoms with van der Waals surface area (Å²) >= 11 is 0. The summed E-state index contributed by atoms with van der Waals surface area (Å²) in [5.41, 5.74) is 9.42. The molecule has 0 atom stereocenters. The highest BCUT2D eigenvalue weighted by Crippen LogP contribution is 2.40. The molecule has 0 aliphatic heterocycles. The van der Waals surface area contributed by atoms with Crippen molar-refractivity contribution in [3.63, 3.8) is 0 Å². The molecule has 0 saturated carbocycles. The number of benzene rings is 12. The minimum atomic E-state index is -3.07. The largest absolute Gasteiger partial charge is 0.309 e. The van der Waals surface area contributed by atoms with E-state index in [2.05, 4.69) is 325 Å². The van der Waals surface area contributed by atoms with Crippen molar-refractivity contribution in [2.24, 2.45) is 0 Å². The summed E-state index contributed by atoms with van der Waals surface area (Å²) in [6.45, 7) is 0. The van der Waals surface area contributed by atoms with Gasteiger partial charge in [-0.2, -0.15) is 0 Å². The molecule has 2 aromatic heterocycles. The summed E-state index contributed by atoms with van der Waals surface area (Å²) in [6.07, 6.45) is 0. The zero-order valence-electron chi connectivity index (χ0n) is 41.9. The van der Waals surface area contributed by atoms with Crippen molar-refractivity contribution >= 4 is 101 Å². The lowest BCUT2D eigenvalue weighted by molar-refractivity contribution is 1.17. The maximum absolute atomic E-state index is 3.07. The smallest absolute Gasteiger partial charge is 0.180 e. The topological polar surface area (TPSA) is 9.86 Å². The molecule has 2 nitrogen and oxygen atoms in total. The second-order valence-electron chi connectivity index (χ2n) is 19.9. The molecule has 0 radical (unpaired) electrons. The van der Waals surface area contributed by atoms with Crippen molar-refractivity contribution in [1.82, 2.24) is 9.13 Å². The van der Waals surface area contributed by atoms with Crippen LogP contribution in [-0.4, -0.2) is 25.3 Å². The molecule has 14 aromatic rings. The van der Waals surface area contributed by atoms with Crippen LogP contribution in [0.4, 0.5) is 0 Å². The molecule has 0 fully saturated rings. The summed E-state index contributed by atoms with van der Waals surface area (Å²) in [5, 5.41) is 15.8. The summed E-state index contributed by atoms with van der Waals surface area (Å²) in [5.74, 6) is 0. The summed E-state index contributed by atoms with van der Waals surface area (Å²) in [7, 11) is -5.96. The Kier molecular flexibility index (Phi) is 11.2. The normalized spacial score (nSPS) is 11.9. The van der Waals surface area contributed by atoms with E-state index in [9.17, 15) is 0 Å². The van der Waals surface area contributed by atoms with Crippen LogP contribution in [0.2, 0.25) is 0 Å². The van der Waals surface area contributed by atoms with Crippen LogP contribution in [0, 0.1) is 0 Å². The van der Waals surface area contributed by atoms with E-state index in [0.717, 1.165) is 16.9 Å². The Morgan fingerprint density at radius 1 is 0.224 bits per heavy atom. The lowest BCUT2D eigenvalue weighted by atomic mass is 9.99. The Labute approximate surface area is 445 Å². The van der Waals surface area contributed by atoms with Gasteiger partial charge in [-0.1, -0.05) is 267 Å². The third-order valence-electron chi connectivity index (χ3n) is 16.0. The first-order valence-electron chi connectivity index (χ1n) is 26.3. The van der Waals surface area contributed by atoms with Crippen LogP contribution in [0.3, 0.4) is 0 Å². The molecule has 0 saturated heterocycles. The summed E-state index contributed by atoms with van der Waals surface area (Å²) in [6, 6.07) is 118. The molecule has 0 aliphatic carbocycles. The van der Waals surface area contributed by atoms with E-state index >= 15 is 0 Å². The first-order valence-corrected chi connectivity index (χ1v) is 30.3. The molecule has 2 heterocycles. The minimum Gasteiger partial charge on any atom is -0.309 e. The fraction of sp³-hybridized carbons (Fsp3) is 0. The zero-order valence-corrected chi connectivity index (χ0v) is 43.9. The second kappa shape index (κ2) is 18.9. The van der Waals surface area contributed by atoms with E-state index in [0.29, 0.717) is 0 Å². The molecule has 0 unspecified atom stereocenters. The van der Waals surface area contributed by atoms with Crippen LogP contribution < -0.4 is 41.5 Å². The molecule has 4 heteroatoms. The lowest BCUT2D eigenvalue weighted by Gasteiger charge is -2.35. The number of para-hydroxylation sites is 1. The van der Waals surface area contributed by atoms with Gasteiger partial charge in [-0.15, -0.1) is 0 Å². The summed E-state index contributed by atoms with van der Waals surface area (Å²) < 4.78 is 5.07. The third kappa shape index (κ3) is 7.06. The molecule has 0 aliphatic rings. The molecule has 14 rings (SSSR count). The predicted molar refractivity (Wildman–Crippen MR) is 328 cm³/mol. The monoisotopic (exact) mass is 1000 g/mol. The standard InChI is InChI=1S/C72H52N2Si2/c1-8-27-53(28-9-1)63-44-25-46-68-71(63)64-43-22-23-45-66(64)74(68)55-49-50-67-65(52-55)72-69(47-26-48-70(72)76(59-36-16-5-17-37-59,60-38-18-6-19-39-60)61-40-20-7-21-41-61)73(67)54-29-24-42-62(51-54)75(56-30-10-2-11-31-56,57-32-12-3-13-33-57)58-34-14-4-15-35-58/h1-52H. The van der Waals surface area contributed by atoms with E-state index in [1.165, 1.54) is 90.7 Å². The molecule has 358 valence electrons. The quantitative estimate of drug-likeness (QED) is 0.0903. The average Bonchev–Trinajstić information content (AvgIpc) is 4.05. The third-order valence-corrected chi connectivity index (χ3v) is 25.6.